The van der Waals surface area contributed by atoms with Crippen molar-refractivity contribution in [3.05, 3.63) is 12.7 Å². The van der Waals surface area contributed by atoms with E-state index in [9.17, 15) is 9.59 Å². The van der Waals surface area contributed by atoms with Crippen LogP contribution in [0.25, 0.3) is 0 Å². The van der Waals surface area contributed by atoms with E-state index < -0.39 is 12.0 Å². The Hall–Kier alpha value is -1.36. The van der Waals surface area contributed by atoms with E-state index in [1.807, 2.05) is 0 Å². The van der Waals surface area contributed by atoms with Crippen molar-refractivity contribution in [2.45, 2.75) is 13.0 Å². The summed E-state index contributed by atoms with van der Waals surface area (Å²) < 4.78 is 9.30. The first kappa shape index (κ1) is 12.6. The second kappa shape index (κ2) is 7.08. The van der Waals surface area contributed by atoms with Crippen molar-refractivity contribution in [3.8, 4) is 0 Å². The van der Waals surface area contributed by atoms with Gasteiger partial charge >= 0.3 is 5.97 Å². The Morgan fingerprint density at radius 2 is 2.21 bits per heavy atom. The summed E-state index contributed by atoms with van der Waals surface area (Å²) in [6.45, 7) is 5.18. The number of ether oxygens (including phenoxy) is 2. The monoisotopic (exact) mass is 201 g/mol. The molecule has 14 heavy (non-hydrogen) atoms. The van der Waals surface area contributed by atoms with E-state index in [1.54, 1.807) is 0 Å². The van der Waals surface area contributed by atoms with Crippen molar-refractivity contribution in [2.75, 3.05) is 20.3 Å². The molecule has 0 aromatic heterocycles. The van der Waals surface area contributed by atoms with Crippen LogP contribution in [-0.2, 0) is 19.1 Å². The van der Waals surface area contributed by atoms with Crippen molar-refractivity contribution < 1.29 is 19.1 Å². The highest BCUT2D eigenvalue weighted by Crippen LogP contribution is 1.86. The molecule has 1 atom stereocenters. The van der Waals surface area contributed by atoms with Crippen molar-refractivity contribution in [2.24, 2.45) is 0 Å². The topological polar surface area (TPSA) is 64.6 Å². The number of rotatable bonds is 6. The first-order valence-corrected chi connectivity index (χ1v) is 4.17. The van der Waals surface area contributed by atoms with Gasteiger partial charge in [-0.05, 0) is 6.92 Å². The molecule has 0 aliphatic heterocycles. The van der Waals surface area contributed by atoms with Gasteiger partial charge in [0.15, 0.2) is 0 Å². The molecule has 5 heteroatoms. The molecule has 0 aliphatic carbocycles. The van der Waals surface area contributed by atoms with Gasteiger partial charge in [0.1, 0.15) is 12.6 Å². The number of esters is 1. The molecule has 0 spiro atoms. The molecule has 0 unspecified atom stereocenters. The number of hydrogen-bond acceptors (Lipinski definition) is 4. The van der Waals surface area contributed by atoms with Gasteiger partial charge in [0.25, 0.3) is 0 Å². The SMILES string of the molecule is C=CCOCC(=O)N[C@@H](C)C(=O)OC. The third-order valence-electron chi connectivity index (χ3n) is 1.40. The summed E-state index contributed by atoms with van der Waals surface area (Å²) in [7, 11) is 1.26. The van der Waals surface area contributed by atoms with E-state index in [1.165, 1.54) is 20.1 Å². The molecule has 0 bridgehead atoms. The van der Waals surface area contributed by atoms with E-state index in [0.717, 1.165) is 0 Å². The van der Waals surface area contributed by atoms with Crippen LogP contribution in [0.2, 0.25) is 0 Å². The Labute approximate surface area is 83.1 Å². The minimum atomic E-state index is -0.653. The Balaban J connectivity index is 3.70. The first-order chi connectivity index (χ1) is 6.61. The molecule has 0 aromatic carbocycles. The van der Waals surface area contributed by atoms with E-state index in [-0.39, 0.29) is 12.5 Å². The van der Waals surface area contributed by atoms with Crippen LogP contribution >= 0.6 is 0 Å². The van der Waals surface area contributed by atoms with Crippen LogP contribution in [0.5, 0.6) is 0 Å². The zero-order chi connectivity index (χ0) is 11.0. The molecule has 0 rings (SSSR count). The largest absolute Gasteiger partial charge is 0.467 e. The summed E-state index contributed by atoms with van der Waals surface area (Å²) in [5.41, 5.74) is 0. The fraction of sp³-hybridized carbons (Fsp3) is 0.556. The fourth-order valence-corrected chi connectivity index (χ4v) is 0.754. The van der Waals surface area contributed by atoms with Gasteiger partial charge in [0.2, 0.25) is 5.91 Å². The van der Waals surface area contributed by atoms with E-state index in [2.05, 4.69) is 16.6 Å². The zero-order valence-corrected chi connectivity index (χ0v) is 8.41. The van der Waals surface area contributed by atoms with Crippen molar-refractivity contribution in [1.29, 1.82) is 0 Å². The van der Waals surface area contributed by atoms with Crippen molar-refractivity contribution in [1.82, 2.24) is 5.32 Å². The number of amides is 1. The molecule has 0 aromatic rings. The Morgan fingerprint density at radius 3 is 2.71 bits per heavy atom. The minimum absolute atomic E-state index is 0.0899. The van der Waals surface area contributed by atoms with Gasteiger partial charge in [-0.2, -0.15) is 0 Å². The van der Waals surface area contributed by atoms with Crippen LogP contribution in [-0.4, -0.2) is 38.2 Å². The van der Waals surface area contributed by atoms with Gasteiger partial charge in [-0.15, -0.1) is 6.58 Å². The fourth-order valence-electron chi connectivity index (χ4n) is 0.754. The molecule has 1 amide bonds. The van der Waals surface area contributed by atoms with Gasteiger partial charge in [-0.1, -0.05) is 6.08 Å². The molecule has 80 valence electrons. The van der Waals surface area contributed by atoms with Gasteiger partial charge in [0, 0.05) is 0 Å². The van der Waals surface area contributed by atoms with Gasteiger partial charge in [0.05, 0.1) is 13.7 Å². The number of methoxy groups -OCH3 is 1. The number of nitrogens with one attached hydrogen (secondary N) is 1. The average molecular weight is 201 g/mol. The molecule has 0 saturated heterocycles. The molecule has 0 saturated carbocycles. The lowest BCUT2D eigenvalue weighted by atomic mass is 10.3. The van der Waals surface area contributed by atoms with E-state index in [0.29, 0.717) is 6.61 Å². The van der Waals surface area contributed by atoms with Gasteiger partial charge in [-0.25, -0.2) is 4.79 Å². The highest BCUT2D eigenvalue weighted by Gasteiger charge is 2.15. The van der Waals surface area contributed by atoms with Gasteiger partial charge < -0.3 is 14.8 Å². The maximum absolute atomic E-state index is 11.1. The molecule has 5 nitrogen and oxygen atoms in total. The summed E-state index contributed by atoms with van der Waals surface area (Å²) in [5, 5.41) is 2.42. The Kier molecular flexibility index (Phi) is 6.39. The minimum Gasteiger partial charge on any atom is -0.467 e. The number of hydrogen-bond donors (Lipinski definition) is 1. The summed E-state index contributed by atoms with van der Waals surface area (Å²) in [6.07, 6.45) is 1.54. The molecular weight excluding hydrogens is 186 g/mol. The predicted octanol–water partition coefficient (Wildman–Crippen LogP) is -0.133. The lowest BCUT2D eigenvalue weighted by molar-refractivity contribution is -0.145. The Bertz CT molecular complexity index is 215. The quantitative estimate of drug-likeness (QED) is 0.369. The molecule has 0 heterocycles. The molecule has 0 radical (unpaired) electrons. The van der Waals surface area contributed by atoms with Crippen LogP contribution in [0.15, 0.2) is 12.7 Å². The normalized spacial score (nSPS) is 11.6. The van der Waals surface area contributed by atoms with Crippen molar-refractivity contribution in [3.63, 3.8) is 0 Å². The summed E-state index contributed by atoms with van der Waals surface area (Å²) in [4.78, 5) is 22.0. The summed E-state index contributed by atoms with van der Waals surface area (Å²) in [5.74, 6) is -0.841. The van der Waals surface area contributed by atoms with Crippen molar-refractivity contribution >= 4 is 11.9 Å². The van der Waals surface area contributed by atoms with E-state index in [4.69, 9.17) is 4.74 Å². The second-order valence-electron chi connectivity index (χ2n) is 2.62. The lowest BCUT2D eigenvalue weighted by Gasteiger charge is -2.10. The van der Waals surface area contributed by atoms with Crippen LogP contribution in [0.3, 0.4) is 0 Å². The van der Waals surface area contributed by atoms with Gasteiger partial charge in [-0.3, -0.25) is 4.79 Å². The second-order valence-corrected chi connectivity index (χ2v) is 2.62. The molecule has 0 aliphatic rings. The average Bonchev–Trinajstić information content (AvgIpc) is 2.16. The smallest absolute Gasteiger partial charge is 0.328 e. The summed E-state index contributed by atoms with van der Waals surface area (Å²) >= 11 is 0. The van der Waals surface area contributed by atoms with Crippen LogP contribution in [0.1, 0.15) is 6.92 Å². The molecule has 0 fully saturated rings. The standard InChI is InChI=1S/C9H15NO4/c1-4-5-14-6-8(11)10-7(2)9(12)13-3/h4,7H,1,5-6H2,2-3H3,(H,10,11)/t7-/m0/s1. The number of carbonyl (C=O) groups excluding carboxylic acids is 2. The van der Waals surface area contributed by atoms with Crippen LogP contribution in [0, 0.1) is 0 Å². The molecule has 1 N–H and O–H groups in total. The predicted molar refractivity (Wildman–Crippen MR) is 50.6 cm³/mol. The number of carbonyl (C=O) groups is 2. The third-order valence-corrected chi connectivity index (χ3v) is 1.40. The lowest BCUT2D eigenvalue weighted by Crippen LogP contribution is -2.40. The zero-order valence-electron chi connectivity index (χ0n) is 8.41. The van der Waals surface area contributed by atoms with Crippen LogP contribution in [0.4, 0.5) is 0 Å². The summed E-state index contributed by atoms with van der Waals surface area (Å²) in [6, 6.07) is -0.653. The highest BCUT2D eigenvalue weighted by atomic mass is 16.5. The first-order valence-electron chi connectivity index (χ1n) is 4.17. The maximum atomic E-state index is 11.1. The Morgan fingerprint density at radius 1 is 1.57 bits per heavy atom. The third kappa shape index (κ3) is 5.31. The molecular formula is C9H15NO4. The van der Waals surface area contributed by atoms with E-state index >= 15 is 0 Å². The highest BCUT2D eigenvalue weighted by molar-refractivity contribution is 5.84. The maximum Gasteiger partial charge on any atom is 0.328 e. The van der Waals surface area contributed by atoms with Crippen LogP contribution < -0.4 is 5.32 Å².